The molecule has 1 aliphatic heterocycles. The van der Waals surface area contributed by atoms with Gasteiger partial charge in [-0.25, -0.2) is 4.79 Å². The molecule has 1 aromatic carbocycles. The van der Waals surface area contributed by atoms with Gasteiger partial charge in [-0.05, 0) is 18.2 Å². The van der Waals surface area contributed by atoms with E-state index >= 15 is 0 Å². The number of carbonyl (C=O) groups excluding carboxylic acids is 2. The van der Waals surface area contributed by atoms with E-state index in [1.807, 2.05) is 30.3 Å². The van der Waals surface area contributed by atoms with E-state index in [0.29, 0.717) is 0 Å². The largest absolute Gasteiger partial charge is 0.445 e. The van der Waals surface area contributed by atoms with Crippen LogP contribution in [0, 0.1) is 11.8 Å². The van der Waals surface area contributed by atoms with Crippen LogP contribution in [0.2, 0.25) is 0 Å². The molecule has 0 aliphatic carbocycles. The first-order valence-corrected chi connectivity index (χ1v) is 7.78. The van der Waals surface area contributed by atoms with Crippen molar-refractivity contribution in [3.05, 3.63) is 48.2 Å². The number of hydrogen-bond acceptors (Lipinski definition) is 3. The van der Waals surface area contributed by atoms with Gasteiger partial charge < -0.3 is 4.74 Å². The smallest absolute Gasteiger partial charge is 0.415 e. The van der Waals surface area contributed by atoms with E-state index in [0.717, 1.165) is 5.56 Å². The number of alkyl halides is 3. The van der Waals surface area contributed by atoms with Crippen LogP contribution in [-0.4, -0.2) is 33.2 Å². The molecule has 0 bridgehead atoms. The van der Waals surface area contributed by atoms with Gasteiger partial charge in [0.05, 0.1) is 0 Å². The summed E-state index contributed by atoms with van der Waals surface area (Å²) in [7, 11) is 0. The van der Waals surface area contributed by atoms with Gasteiger partial charge in [0.1, 0.15) is 12.6 Å². The molecule has 1 amide bonds. The Labute approximate surface area is 148 Å². The predicted molar refractivity (Wildman–Crippen MR) is 89.3 cm³/mol. The second-order valence-electron chi connectivity index (χ2n) is 4.71. The van der Waals surface area contributed by atoms with E-state index in [1.165, 1.54) is 17.2 Å². The number of hydrogen-bond donors (Lipinski definition) is 0. The molecule has 1 aliphatic rings. The van der Waals surface area contributed by atoms with Gasteiger partial charge in [0.25, 0.3) is 0 Å². The maximum absolute atomic E-state index is 12.1. The number of allylic oxidation sites excluding steroid dienone is 1. The van der Waals surface area contributed by atoms with Crippen molar-refractivity contribution in [2.24, 2.45) is 0 Å². The van der Waals surface area contributed by atoms with Crippen molar-refractivity contribution in [1.82, 2.24) is 4.90 Å². The number of ether oxygens (including phenoxy) is 1. The number of benzene rings is 1. The van der Waals surface area contributed by atoms with Gasteiger partial charge in [-0.2, -0.15) is 0 Å². The van der Waals surface area contributed by atoms with Crippen molar-refractivity contribution >= 4 is 46.7 Å². The highest BCUT2D eigenvalue weighted by atomic mass is 35.6. The van der Waals surface area contributed by atoms with E-state index in [4.69, 9.17) is 39.5 Å². The Hall–Kier alpha value is -1.67. The van der Waals surface area contributed by atoms with Crippen LogP contribution in [0.1, 0.15) is 12.0 Å². The first kappa shape index (κ1) is 17.7. The molecule has 0 saturated carbocycles. The zero-order chi connectivity index (χ0) is 16.9. The predicted octanol–water partition coefficient (Wildman–Crippen LogP) is 3.70. The van der Waals surface area contributed by atoms with Crippen LogP contribution >= 0.6 is 34.8 Å². The lowest BCUT2D eigenvalue weighted by Gasteiger charge is -2.27. The van der Waals surface area contributed by atoms with Crippen molar-refractivity contribution < 1.29 is 14.3 Å². The molecule has 2 rings (SSSR count). The third-order valence-corrected chi connectivity index (χ3v) is 3.21. The lowest BCUT2D eigenvalue weighted by Crippen LogP contribution is -2.40. The van der Waals surface area contributed by atoms with Crippen LogP contribution in [0.5, 0.6) is 0 Å². The van der Waals surface area contributed by atoms with Crippen LogP contribution in [-0.2, 0) is 9.53 Å². The topological polar surface area (TPSA) is 46.6 Å². The molecular weight excluding hydrogens is 361 g/mol. The number of ketones is 1. The molecule has 0 radical (unpaired) electrons. The van der Waals surface area contributed by atoms with E-state index in [9.17, 15) is 9.59 Å². The Morgan fingerprint density at radius 3 is 2.65 bits per heavy atom. The average molecular weight is 373 g/mol. The summed E-state index contributed by atoms with van der Waals surface area (Å²) in [5.74, 6) is 5.71. The van der Waals surface area contributed by atoms with Crippen molar-refractivity contribution in [2.75, 3.05) is 6.61 Å². The van der Waals surface area contributed by atoms with Crippen molar-refractivity contribution in [2.45, 2.75) is 16.3 Å². The third-order valence-electron chi connectivity index (χ3n) is 2.88. The van der Waals surface area contributed by atoms with Gasteiger partial charge >= 0.3 is 6.09 Å². The highest BCUT2D eigenvalue weighted by Gasteiger charge is 2.29. The Kier molecular flexibility index (Phi) is 5.95. The maximum Gasteiger partial charge on any atom is 0.415 e. The summed E-state index contributed by atoms with van der Waals surface area (Å²) in [5.41, 5.74) is 0.782. The van der Waals surface area contributed by atoms with Gasteiger partial charge in [-0.15, -0.1) is 0 Å². The Morgan fingerprint density at radius 1 is 1.30 bits per heavy atom. The number of halogens is 3. The van der Waals surface area contributed by atoms with E-state index in [-0.39, 0.29) is 12.2 Å². The normalized spacial score (nSPS) is 17.4. The summed E-state index contributed by atoms with van der Waals surface area (Å²) in [5, 5.41) is 0. The van der Waals surface area contributed by atoms with E-state index in [1.54, 1.807) is 0 Å². The molecule has 1 atom stereocenters. The summed E-state index contributed by atoms with van der Waals surface area (Å²) in [6, 6.07) is 8.61. The summed E-state index contributed by atoms with van der Waals surface area (Å²) in [6.45, 7) is -0.395. The minimum Gasteiger partial charge on any atom is -0.445 e. The van der Waals surface area contributed by atoms with E-state index < -0.39 is 22.5 Å². The van der Waals surface area contributed by atoms with Crippen LogP contribution in [0.4, 0.5) is 4.79 Å². The molecule has 4 nitrogen and oxygen atoms in total. The summed E-state index contributed by atoms with van der Waals surface area (Å²) in [4.78, 5) is 24.9. The molecule has 0 N–H and O–H groups in total. The lowest BCUT2D eigenvalue weighted by atomic mass is 10.1. The van der Waals surface area contributed by atoms with Crippen LogP contribution in [0.3, 0.4) is 0 Å². The van der Waals surface area contributed by atoms with Crippen LogP contribution < -0.4 is 0 Å². The Balaban J connectivity index is 2.12. The monoisotopic (exact) mass is 371 g/mol. The molecule has 0 spiro atoms. The second-order valence-corrected chi connectivity index (χ2v) is 7.23. The van der Waals surface area contributed by atoms with Gasteiger partial charge in [0.2, 0.25) is 3.79 Å². The van der Waals surface area contributed by atoms with Crippen molar-refractivity contribution in [3.63, 3.8) is 0 Å². The molecule has 1 unspecified atom stereocenters. The SMILES string of the molecule is O=C1C=CN(C(=O)OCC(Cl)(Cl)Cl)C(C#Cc2ccccc2)C1. The van der Waals surface area contributed by atoms with Gasteiger partial charge in [0.15, 0.2) is 5.78 Å². The molecule has 23 heavy (non-hydrogen) atoms. The van der Waals surface area contributed by atoms with E-state index in [2.05, 4.69) is 11.8 Å². The molecular formula is C16H12Cl3NO3. The molecule has 1 heterocycles. The first-order valence-electron chi connectivity index (χ1n) is 6.64. The summed E-state index contributed by atoms with van der Waals surface area (Å²) < 4.78 is 3.23. The molecule has 7 heteroatoms. The number of nitrogens with zero attached hydrogens (tertiary/aromatic N) is 1. The molecule has 1 aromatic rings. The van der Waals surface area contributed by atoms with Gasteiger partial charge in [0, 0.05) is 18.2 Å². The number of amides is 1. The molecule has 120 valence electrons. The fourth-order valence-corrected chi connectivity index (χ4v) is 2.00. The highest BCUT2D eigenvalue weighted by molar-refractivity contribution is 6.67. The minimum atomic E-state index is -1.70. The number of rotatable bonds is 1. The zero-order valence-electron chi connectivity index (χ0n) is 11.8. The minimum absolute atomic E-state index is 0.0825. The Morgan fingerprint density at radius 2 is 2.00 bits per heavy atom. The number of carbonyl (C=O) groups is 2. The average Bonchev–Trinajstić information content (AvgIpc) is 2.51. The van der Waals surface area contributed by atoms with Crippen molar-refractivity contribution in [1.29, 1.82) is 0 Å². The fraction of sp³-hybridized carbons (Fsp3) is 0.250. The standard InChI is InChI=1S/C16H12Cl3NO3/c17-16(18,19)11-23-15(22)20-9-8-14(21)10-13(20)7-6-12-4-2-1-3-5-12/h1-5,8-9,13H,10-11H2. The molecule has 0 aromatic heterocycles. The summed E-state index contributed by atoms with van der Waals surface area (Å²) in [6.07, 6.45) is 1.97. The zero-order valence-corrected chi connectivity index (χ0v) is 14.1. The van der Waals surface area contributed by atoms with Gasteiger partial charge in [-0.3, -0.25) is 9.69 Å². The van der Waals surface area contributed by atoms with Crippen LogP contribution in [0.15, 0.2) is 42.6 Å². The fourth-order valence-electron chi connectivity index (χ4n) is 1.84. The molecule has 0 saturated heterocycles. The van der Waals surface area contributed by atoms with Gasteiger partial charge in [-0.1, -0.05) is 64.8 Å². The third kappa shape index (κ3) is 5.80. The maximum atomic E-state index is 12.1. The second kappa shape index (κ2) is 7.74. The van der Waals surface area contributed by atoms with Crippen LogP contribution in [0.25, 0.3) is 0 Å². The van der Waals surface area contributed by atoms with Crippen molar-refractivity contribution in [3.8, 4) is 11.8 Å². The summed E-state index contributed by atoms with van der Waals surface area (Å²) >= 11 is 16.7. The molecule has 0 fully saturated rings. The highest BCUT2D eigenvalue weighted by Crippen LogP contribution is 2.26. The quantitative estimate of drug-likeness (QED) is 0.558. The first-order chi connectivity index (χ1) is 10.8. The Bertz CT molecular complexity index is 671. The lowest BCUT2D eigenvalue weighted by molar-refractivity contribution is -0.115.